The zero-order valence-electron chi connectivity index (χ0n) is 13.5. The highest BCUT2D eigenvalue weighted by Crippen LogP contribution is 2.28. The highest BCUT2D eigenvalue weighted by molar-refractivity contribution is 5.84. The van der Waals surface area contributed by atoms with Gasteiger partial charge in [-0.05, 0) is 33.1 Å². The van der Waals surface area contributed by atoms with Crippen molar-refractivity contribution < 1.29 is 14.3 Å². The first-order valence-corrected chi connectivity index (χ1v) is 8.05. The first-order valence-electron chi connectivity index (χ1n) is 8.05. The van der Waals surface area contributed by atoms with Gasteiger partial charge in [0.2, 0.25) is 11.8 Å². The lowest BCUT2D eigenvalue weighted by molar-refractivity contribution is -0.141. The van der Waals surface area contributed by atoms with Gasteiger partial charge in [0, 0.05) is 32.7 Å². The minimum atomic E-state index is -0.356. The summed E-state index contributed by atoms with van der Waals surface area (Å²) in [6.45, 7) is 4.98. The van der Waals surface area contributed by atoms with E-state index < -0.39 is 0 Å². The second-order valence-corrected chi connectivity index (χ2v) is 6.90. The number of carbonyl (C=O) groups is 2. The summed E-state index contributed by atoms with van der Waals surface area (Å²) in [4.78, 5) is 26.4. The molecule has 0 unspecified atom stereocenters. The minimum absolute atomic E-state index is 0.0515. The molecule has 2 fully saturated rings. The SMILES string of the molecule is COC(C)(C)CNC(=O)[C@H]1CCC(=O)N(C2CCCC2)C1. The maximum atomic E-state index is 12.3. The summed E-state index contributed by atoms with van der Waals surface area (Å²) in [5.74, 6) is 0.203. The molecule has 2 rings (SSSR count). The van der Waals surface area contributed by atoms with Crippen LogP contribution >= 0.6 is 0 Å². The van der Waals surface area contributed by atoms with Crippen molar-refractivity contribution in [1.82, 2.24) is 10.2 Å². The number of rotatable bonds is 5. The van der Waals surface area contributed by atoms with Gasteiger partial charge in [-0.1, -0.05) is 12.8 Å². The molecule has 1 heterocycles. The molecule has 1 aliphatic carbocycles. The fourth-order valence-electron chi connectivity index (χ4n) is 3.17. The molecule has 0 spiro atoms. The number of nitrogens with zero attached hydrogens (tertiary/aromatic N) is 1. The third-order valence-corrected chi connectivity index (χ3v) is 4.82. The number of likely N-dealkylation sites (tertiary alicyclic amines) is 1. The summed E-state index contributed by atoms with van der Waals surface area (Å²) >= 11 is 0. The predicted octanol–water partition coefficient (Wildman–Crippen LogP) is 1.71. The number of piperidine rings is 1. The monoisotopic (exact) mass is 296 g/mol. The Kier molecular flexibility index (Phi) is 5.25. The lowest BCUT2D eigenvalue weighted by atomic mass is 9.94. The first kappa shape index (κ1) is 16.3. The average molecular weight is 296 g/mol. The quantitative estimate of drug-likeness (QED) is 0.840. The summed E-state index contributed by atoms with van der Waals surface area (Å²) in [6, 6.07) is 0.364. The topological polar surface area (TPSA) is 58.6 Å². The van der Waals surface area contributed by atoms with E-state index in [0.29, 0.717) is 32.0 Å². The van der Waals surface area contributed by atoms with Crippen LogP contribution in [-0.4, -0.2) is 48.6 Å². The van der Waals surface area contributed by atoms with Crippen molar-refractivity contribution in [2.24, 2.45) is 5.92 Å². The van der Waals surface area contributed by atoms with E-state index in [1.807, 2.05) is 18.7 Å². The molecule has 0 aromatic carbocycles. The Morgan fingerprint density at radius 3 is 2.62 bits per heavy atom. The Bertz CT molecular complexity index is 389. The molecule has 1 aliphatic heterocycles. The van der Waals surface area contributed by atoms with E-state index in [1.165, 1.54) is 12.8 Å². The standard InChI is InChI=1S/C16H28N2O3/c1-16(2,21-3)11-17-15(20)12-8-9-14(19)18(10-12)13-6-4-5-7-13/h12-13H,4-11H2,1-3H3,(H,17,20)/t12-/m0/s1. The van der Waals surface area contributed by atoms with Gasteiger partial charge in [-0.25, -0.2) is 0 Å². The van der Waals surface area contributed by atoms with Crippen LogP contribution in [-0.2, 0) is 14.3 Å². The highest BCUT2D eigenvalue weighted by Gasteiger charge is 2.35. The molecule has 1 N–H and O–H groups in total. The van der Waals surface area contributed by atoms with E-state index >= 15 is 0 Å². The van der Waals surface area contributed by atoms with Gasteiger partial charge < -0.3 is 15.0 Å². The van der Waals surface area contributed by atoms with Gasteiger partial charge >= 0.3 is 0 Å². The number of amides is 2. The molecule has 120 valence electrons. The van der Waals surface area contributed by atoms with E-state index in [9.17, 15) is 9.59 Å². The molecular formula is C16H28N2O3. The zero-order valence-corrected chi connectivity index (χ0v) is 13.5. The van der Waals surface area contributed by atoms with Gasteiger partial charge in [-0.3, -0.25) is 9.59 Å². The van der Waals surface area contributed by atoms with E-state index in [-0.39, 0.29) is 23.3 Å². The Labute approximate surface area is 127 Å². The van der Waals surface area contributed by atoms with Crippen LogP contribution in [0.5, 0.6) is 0 Å². The maximum absolute atomic E-state index is 12.3. The number of hydrogen-bond donors (Lipinski definition) is 1. The van der Waals surface area contributed by atoms with Crippen molar-refractivity contribution in [1.29, 1.82) is 0 Å². The summed E-state index contributed by atoms with van der Waals surface area (Å²) in [7, 11) is 1.65. The second kappa shape index (κ2) is 6.77. The third kappa shape index (κ3) is 4.19. The lowest BCUT2D eigenvalue weighted by Crippen LogP contribution is -2.50. The van der Waals surface area contributed by atoms with Gasteiger partial charge in [0.05, 0.1) is 11.5 Å². The van der Waals surface area contributed by atoms with Crippen molar-refractivity contribution in [3.63, 3.8) is 0 Å². The van der Waals surface area contributed by atoms with E-state index in [2.05, 4.69) is 5.32 Å². The molecule has 21 heavy (non-hydrogen) atoms. The molecule has 2 amide bonds. The van der Waals surface area contributed by atoms with Crippen molar-refractivity contribution in [3.8, 4) is 0 Å². The van der Waals surface area contributed by atoms with Crippen molar-refractivity contribution in [2.75, 3.05) is 20.2 Å². The number of methoxy groups -OCH3 is 1. The first-order chi connectivity index (χ1) is 9.93. The van der Waals surface area contributed by atoms with E-state index in [1.54, 1.807) is 7.11 Å². The molecule has 0 radical (unpaired) electrons. The molecule has 1 saturated carbocycles. The molecule has 1 atom stereocenters. The second-order valence-electron chi connectivity index (χ2n) is 6.90. The number of hydrogen-bond acceptors (Lipinski definition) is 3. The molecule has 0 aromatic rings. The maximum Gasteiger partial charge on any atom is 0.225 e. The lowest BCUT2D eigenvalue weighted by Gasteiger charge is -2.36. The van der Waals surface area contributed by atoms with Gasteiger partial charge in [0.25, 0.3) is 0 Å². The molecule has 5 heteroatoms. The minimum Gasteiger partial charge on any atom is -0.377 e. The van der Waals surface area contributed by atoms with Crippen LogP contribution in [0.3, 0.4) is 0 Å². The van der Waals surface area contributed by atoms with Crippen LogP contribution in [0.4, 0.5) is 0 Å². The Morgan fingerprint density at radius 2 is 2.00 bits per heavy atom. The largest absolute Gasteiger partial charge is 0.377 e. The van der Waals surface area contributed by atoms with Gasteiger partial charge in [0.15, 0.2) is 0 Å². The van der Waals surface area contributed by atoms with Crippen molar-refractivity contribution in [2.45, 2.75) is 64.0 Å². The summed E-state index contributed by atoms with van der Waals surface area (Å²) < 4.78 is 5.32. The van der Waals surface area contributed by atoms with Crippen molar-refractivity contribution in [3.05, 3.63) is 0 Å². The van der Waals surface area contributed by atoms with Gasteiger partial charge in [-0.15, -0.1) is 0 Å². The fourth-order valence-corrected chi connectivity index (χ4v) is 3.17. The molecule has 0 bridgehead atoms. The van der Waals surface area contributed by atoms with Gasteiger partial charge in [-0.2, -0.15) is 0 Å². The van der Waals surface area contributed by atoms with Crippen LogP contribution < -0.4 is 5.32 Å². The van der Waals surface area contributed by atoms with Crippen LogP contribution in [0.15, 0.2) is 0 Å². The van der Waals surface area contributed by atoms with Gasteiger partial charge in [0.1, 0.15) is 0 Å². The fraction of sp³-hybridized carbons (Fsp3) is 0.875. The number of nitrogens with one attached hydrogen (secondary N) is 1. The Morgan fingerprint density at radius 1 is 1.33 bits per heavy atom. The average Bonchev–Trinajstić information content (AvgIpc) is 2.99. The van der Waals surface area contributed by atoms with Crippen LogP contribution in [0.2, 0.25) is 0 Å². The molecule has 1 saturated heterocycles. The summed E-state index contributed by atoms with van der Waals surface area (Å²) in [5, 5.41) is 2.97. The Hall–Kier alpha value is -1.10. The number of carbonyl (C=O) groups excluding carboxylic acids is 2. The highest BCUT2D eigenvalue weighted by atomic mass is 16.5. The molecule has 2 aliphatic rings. The molecule has 0 aromatic heterocycles. The molecular weight excluding hydrogens is 268 g/mol. The number of ether oxygens (including phenoxy) is 1. The van der Waals surface area contributed by atoms with Crippen LogP contribution in [0, 0.1) is 5.92 Å². The smallest absolute Gasteiger partial charge is 0.225 e. The zero-order chi connectivity index (χ0) is 15.5. The summed E-state index contributed by atoms with van der Waals surface area (Å²) in [6.07, 6.45) is 5.76. The van der Waals surface area contributed by atoms with E-state index in [4.69, 9.17) is 4.74 Å². The van der Waals surface area contributed by atoms with Crippen molar-refractivity contribution >= 4 is 11.8 Å². The van der Waals surface area contributed by atoms with E-state index in [0.717, 1.165) is 12.8 Å². The predicted molar refractivity (Wildman–Crippen MR) is 80.8 cm³/mol. The Balaban J connectivity index is 1.88. The molecule has 5 nitrogen and oxygen atoms in total. The van der Waals surface area contributed by atoms with Crippen LogP contribution in [0.1, 0.15) is 52.4 Å². The third-order valence-electron chi connectivity index (χ3n) is 4.82. The van der Waals surface area contributed by atoms with Crippen LogP contribution in [0.25, 0.3) is 0 Å². The normalized spacial score (nSPS) is 24.4. The summed E-state index contributed by atoms with van der Waals surface area (Å²) in [5.41, 5.74) is -0.356.